The molecule has 2 aliphatic rings. The van der Waals surface area contributed by atoms with Crippen molar-refractivity contribution in [1.29, 1.82) is 0 Å². The Hall–Kier alpha value is -0.530. The van der Waals surface area contributed by atoms with Gasteiger partial charge in [0.2, 0.25) is 0 Å². The molecule has 86 valence electrons. The highest BCUT2D eigenvalue weighted by atomic mass is 16.4. The molecule has 0 bridgehead atoms. The van der Waals surface area contributed by atoms with E-state index in [0.29, 0.717) is 5.92 Å². The molecule has 2 saturated carbocycles. The van der Waals surface area contributed by atoms with Gasteiger partial charge in [-0.2, -0.15) is 0 Å². The second kappa shape index (κ2) is 3.80. The first kappa shape index (κ1) is 11.0. The van der Waals surface area contributed by atoms with Crippen molar-refractivity contribution < 1.29 is 9.90 Å². The maximum atomic E-state index is 11.0. The van der Waals surface area contributed by atoms with Crippen molar-refractivity contribution >= 4 is 5.97 Å². The minimum atomic E-state index is -0.587. The number of aliphatic carboxylic acids is 1. The van der Waals surface area contributed by atoms with Crippen LogP contribution in [0.15, 0.2) is 0 Å². The van der Waals surface area contributed by atoms with E-state index >= 15 is 0 Å². The minimum Gasteiger partial charge on any atom is -0.481 e. The third-order valence-corrected chi connectivity index (χ3v) is 4.68. The minimum absolute atomic E-state index is 0.0600. The summed E-state index contributed by atoms with van der Waals surface area (Å²) in [4.78, 5) is 11.0. The van der Waals surface area contributed by atoms with E-state index in [0.717, 1.165) is 12.3 Å². The van der Waals surface area contributed by atoms with Gasteiger partial charge in [-0.25, -0.2) is 0 Å². The van der Waals surface area contributed by atoms with Crippen molar-refractivity contribution in [3.8, 4) is 0 Å². The molecule has 2 nitrogen and oxygen atoms in total. The van der Waals surface area contributed by atoms with Gasteiger partial charge in [0.15, 0.2) is 0 Å². The van der Waals surface area contributed by atoms with Gasteiger partial charge in [-0.15, -0.1) is 0 Å². The molecule has 2 rings (SSSR count). The fraction of sp³-hybridized carbons (Fsp3) is 0.923. The first-order chi connectivity index (χ1) is 7.03. The van der Waals surface area contributed by atoms with E-state index in [4.69, 9.17) is 5.11 Å². The zero-order valence-corrected chi connectivity index (χ0v) is 9.83. The van der Waals surface area contributed by atoms with Crippen LogP contribution < -0.4 is 0 Å². The summed E-state index contributed by atoms with van der Waals surface area (Å²) in [6.45, 7) is 4.20. The molecule has 0 heterocycles. The Morgan fingerprint density at radius 2 is 1.87 bits per heavy atom. The predicted octanol–water partition coefficient (Wildman–Crippen LogP) is 3.31. The van der Waals surface area contributed by atoms with Crippen molar-refractivity contribution in [2.75, 3.05) is 0 Å². The van der Waals surface area contributed by atoms with Crippen molar-refractivity contribution in [3.05, 3.63) is 0 Å². The smallest absolute Gasteiger partial charge is 0.307 e. The van der Waals surface area contributed by atoms with Crippen LogP contribution in [-0.2, 0) is 4.79 Å². The molecule has 1 N–H and O–H groups in total. The quantitative estimate of drug-likeness (QED) is 0.773. The van der Waals surface area contributed by atoms with Gasteiger partial charge in [-0.1, -0.05) is 46.0 Å². The van der Waals surface area contributed by atoms with Crippen LogP contribution in [0.5, 0.6) is 0 Å². The molecule has 0 unspecified atom stereocenters. The van der Waals surface area contributed by atoms with E-state index in [9.17, 15) is 4.79 Å². The molecule has 0 aromatic rings. The van der Waals surface area contributed by atoms with Crippen molar-refractivity contribution in [1.82, 2.24) is 0 Å². The normalized spacial score (nSPS) is 34.3. The molecular weight excluding hydrogens is 188 g/mol. The fourth-order valence-electron chi connectivity index (χ4n) is 3.49. The Bertz CT molecular complexity index is 251. The number of carboxylic acid groups (broad SMARTS) is 1. The maximum Gasteiger partial charge on any atom is 0.307 e. The van der Waals surface area contributed by atoms with E-state index in [-0.39, 0.29) is 11.3 Å². The van der Waals surface area contributed by atoms with Crippen molar-refractivity contribution in [2.45, 2.75) is 52.4 Å². The third-order valence-electron chi connectivity index (χ3n) is 4.68. The lowest BCUT2D eigenvalue weighted by atomic mass is 9.97. The molecule has 15 heavy (non-hydrogen) atoms. The number of carboxylic acids is 1. The second-order valence-corrected chi connectivity index (χ2v) is 5.97. The monoisotopic (exact) mass is 210 g/mol. The summed E-state index contributed by atoms with van der Waals surface area (Å²) in [6.07, 6.45) is 7.93. The van der Waals surface area contributed by atoms with Gasteiger partial charge in [0, 0.05) is 0 Å². The van der Waals surface area contributed by atoms with E-state index in [1.165, 1.54) is 32.1 Å². The molecular formula is C13H22O2. The lowest BCUT2D eigenvalue weighted by Gasteiger charge is -2.08. The molecule has 2 aliphatic carbocycles. The molecule has 0 saturated heterocycles. The van der Waals surface area contributed by atoms with Gasteiger partial charge >= 0.3 is 5.97 Å². The Morgan fingerprint density at radius 3 is 2.33 bits per heavy atom. The number of rotatable bonds is 4. The highest BCUT2D eigenvalue weighted by molar-refractivity contribution is 5.75. The summed E-state index contributed by atoms with van der Waals surface area (Å²) in [6, 6.07) is 0. The van der Waals surface area contributed by atoms with E-state index in [1.807, 2.05) is 0 Å². The summed E-state index contributed by atoms with van der Waals surface area (Å²) < 4.78 is 0. The Morgan fingerprint density at radius 1 is 1.27 bits per heavy atom. The SMILES string of the molecule is CC1(C)[C@@H](CCC2CCCC2)[C@@H]1C(=O)O. The molecule has 0 radical (unpaired) electrons. The summed E-state index contributed by atoms with van der Waals surface area (Å²) >= 11 is 0. The van der Waals surface area contributed by atoms with Crippen LogP contribution >= 0.6 is 0 Å². The Kier molecular flexibility index (Phi) is 2.78. The summed E-state index contributed by atoms with van der Waals surface area (Å²) in [5, 5.41) is 9.05. The van der Waals surface area contributed by atoms with Crippen LogP contribution in [0.3, 0.4) is 0 Å². The van der Waals surface area contributed by atoms with Crippen LogP contribution in [0.1, 0.15) is 52.4 Å². The third kappa shape index (κ3) is 2.04. The van der Waals surface area contributed by atoms with Crippen LogP contribution in [0.4, 0.5) is 0 Å². The van der Waals surface area contributed by atoms with E-state index in [1.54, 1.807) is 0 Å². The van der Waals surface area contributed by atoms with E-state index in [2.05, 4.69) is 13.8 Å². The maximum absolute atomic E-state index is 11.0. The topological polar surface area (TPSA) is 37.3 Å². The van der Waals surface area contributed by atoms with Gasteiger partial charge in [0.25, 0.3) is 0 Å². The molecule has 2 atom stereocenters. The average molecular weight is 210 g/mol. The van der Waals surface area contributed by atoms with Crippen molar-refractivity contribution in [3.63, 3.8) is 0 Å². The molecule has 0 aromatic carbocycles. The van der Waals surface area contributed by atoms with Gasteiger partial charge in [0.1, 0.15) is 0 Å². The molecule has 0 aromatic heterocycles. The first-order valence-electron chi connectivity index (χ1n) is 6.26. The Labute approximate surface area is 92.1 Å². The zero-order valence-electron chi connectivity index (χ0n) is 9.83. The van der Waals surface area contributed by atoms with Crippen LogP contribution in [0.2, 0.25) is 0 Å². The van der Waals surface area contributed by atoms with E-state index < -0.39 is 5.97 Å². The molecule has 0 aliphatic heterocycles. The van der Waals surface area contributed by atoms with Gasteiger partial charge < -0.3 is 5.11 Å². The Balaban J connectivity index is 1.78. The largest absolute Gasteiger partial charge is 0.481 e. The highest BCUT2D eigenvalue weighted by Gasteiger charge is 2.61. The first-order valence-corrected chi connectivity index (χ1v) is 6.26. The van der Waals surface area contributed by atoms with Gasteiger partial charge in [-0.05, 0) is 23.7 Å². The van der Waals surface area contributed by atoms with Gasteiger partial charge in [-0.3, -0.25) is 4.79 Å². The summed E-state index contributed by atoms with van der Waals surface area (Å²) in [5.41, 5.74) is 0.0600. The van der Waals surface area contributed by atoms with Crippen LogP contribution in [0, 0.1) is 23.2 Å². The number of carbonyl (C=O) groups is 1. The molecule has 2 fully saturated rings. The standard InChI is InChI=1S/C13H22O2/c1-13(2)10(11(13)12(14)15)8-7-9-5-3-4-6-9/h9-11H,3-8H2,1-2H3,(H,14,15)/t10-,11+/m0/s1. The average Bonchev–Trinajstić information content (AvgIpc) is 2.55. The lowest BCUT2D eigenvalue weighted by molar-refractivity contribution is -0.139. The fourth-order valence-corrected chi connectivity index (χ4v) is 3.49. The number of hydrogen-bond donors (Lipinski definition) is 1. The lowest BCUT2D eigenvalue weighted by Crippen LogP contribution is -2.03. The van der Waals surface area contributed by atoms with Crippen molar-refractivity contribution in [2.24, 2.45) is 23.2 Å². The van der Waals surface area contributed by atoms with Crippen LogP contribution in [0.25, 0.3) is 0 Å². The molecule has 0 spiro atoms. The summed E-state index contributed by atoms with van der Waals surface area (Å²) in [5.74, 6) is 0.682. The molecule has 2 heteroatoms. The second-order valence-electron chi connectivity index (χ2n) is 5.97. The molecule has 0 amide bonds. The zero-order chi connectivity index (χ0) is 11.1. The van der Waals surface area contributed by atoms with Gasteiger partial charge in [0.05, 0.1) is 5.92 Å². The number of hydrogen-bond acceptors (Lipinski definition) is 1. The highest BCUT2D eigenvalue weighted by Crippen LogP contribution is 2.60. The summed E-state index contributed by atoms with van der Waals surface area (Å²) in [7, 11) is 0. The van der Waals surface area contributed by atoms with Crippen LogP contribution in [-0.4, -0.2) is 11.1 Å². The predicted molar refractivity (Wildman–Crippen MR) is 59.6 cm³/mol.